The van der Waals surface area contributed by atoms with Crippen molar-refractivity contribution in [3.05, 3.63) is 185 Å². The molecule has 0 aliphatic carbocycles. The molecule has 1 heterocycles. The number of amides is 3. The lowest BCUT2D eigenvalue weighted by Gasteiger charge is -2.18. The average Bonchev–Trinajstić information content (AvgIpc) is 3.63. The number of carbonyl (C=O) groups excluding carboxylic acids is 3. The van der Waals surface area contributed by atoms with Crippen LogP contribution in [-0.4, -0.2) is 22.7 Å². The van der Waals surface area contributed by atoms with Crippen LogP contribution in [0.3, 0.4) is 0 Å². The molecule has 3 N–H and O–H groups in total. The van der Waals surface area contributed by atoms with E-state index in [1.54, 1.807) is 72.8 Å². The third kappa shape index (κ3) is 8.73. The van der Waals surface area contributed by atoms with E-state index in [0.29, 0.717) is 39.0 Å². The Balaban J connectivity index is 1.09. The maximum Gasteiger partial charge on any atom is 0.272 e. The number of anilines is 2. The van der Waals surface area contributed by atoms with Gasteiger partial charge in [0.05, 0.1) is 0 Å². The highest BCUT2D eigenvalue weighted by atomic mass is 35.5. The van der Waals surface area contributed by atoms with Gasteiger partial charge in [-0.25, -0.2) is 4.98 Å². The SMILES string of the molecule is O=C(Nc1cccc(SC(C(=O)Nc2ccc(-c3nc4ccccc4o3)cc2)c2ccccc2)c1)/C(=C\c1ccccc1Cl)NC(=O)c1ccccc1. The molecule has 3 amide bonds. The highest BCUT2D eigenvalue weighted by molar-refractivity contribution is 8.00. The van der Waals surface area contributed by atoms with Crippen molar-refractivity contribution in [1.82, 2.24) is 10.3 Å². The fraction of sp³-hybridized carbons (Fsp3) is 0.0233. The number of benzene rings is 6. The monoisotopic (exact) mass is 734 g/mol. The molecular formula is C43H31ClN4O4S. The maximum atomic E-state index is 13.9. The van der Waals surface area contributed by atoms with Crippen LogP contribution in [0.1, 0.15) is 26.7 Å². The summed E-state index contributed by atoms with van der Waals surface area (Å²) in [4.78, 5) is 46.0. The third-order valence-electron chi connectivity index (χ3n) is 8.11. The smallest absolute Gasteiger partial charge is 0.272 e. The van der Waals surface area contributed by atoms with Gasteiger partial charge >= 0.3 is 0 Å². The number of carbonyl (C=O) groups is 3. The number of aromatic nitrogens is 1. The molecule has 1 atom stereocenters. The molecule has 0 fully saturated rings. The number of thioether (sulfide) groups is 1. The standard InChI is InChI=1S/C43H31ClN4O4S/c44-35-19-8-7-16-31(35)26-37(47-40(49)29-14-5-2-6-15-29)41(50)46-33-17-11-18-34(27-33)53-39(28-12-3-1-4-13-28)42(51)45-32-24-22-30(23-25-32)43-48-36-20-9-10-21-38(36)52-43/h1-27,39H,(H,45,51)(H,46,50)(H,47,49)/b37-26+. The van der Waals surface area contributed by atoms with Crippen molar-refractivity contribution >= 4 is 69.6 Å². The molecule has 53 heavy (non-hydrogen) atoms. The number of rotatable bonds is 11. The number of nitrogens with zero attached hydrogens (tertiary/aromatic N) is 1. The molecule has 7 aromatic rings. The Morgan fingerprint density at radius 3 is 2.15 bits per heavy atom. The second-order valence-corrected chi connectivity index (χ2v) is 13.4. The summed E-state index contributed by atoms with van der Waals surface area (Å²) < 4.78 is 5.90. The van der Waals surface area contributed by atoms with Gasteiger partial charge in [0, 0.05) is 32.4 Å². The van der Waals surface area contributed by atoms with Gasteiger partial charge in [-0.05, 0) is 90.0 Å². The molecule has 6 aromatic carbocycles. The van der Waals surface area contributed by atoms with Gasteiger partial charge in [-0.3, -0.25) is 14.4 Å². The highest BCUT2D eigenvalue weighted by Gasteiger charge is 2.23. The van der Waals surface area contributed by atoms with Crippen LogP contribution in [0.15, 0.2) is 173 Å². The molecule has 0 aliphatic heterocycles. The van der Waals surface area contributed by atoms with Crippen molar-refractivity contribution in [2.45, 2.75) is 10.1 Å². The normalized spacial score (nSPS) is 11.8. The van der Waals surface area contributed by atoms with Crippen LogP contribution < -0.4 is 16.0 Å². The van der Waals surface area contributed by atoms with Gasteiger partial charge in [0.25, 0.3) is 11.8 Å². The first-order valence-corrected chi connectivity index (χ1v) is 17.9. The van der Waals surface area contributed by atoms with Crippen molar-refractivity contribution in [3.8, 4) is 11.5 Å². The van der Waals surface area contributed by atoms with E-state index in [4.69, 9.17) is 16.0 Å². The number of para-hydroxylation sites is 2. The first-order valence-electron chi connectivity index (χ1n) is 16.6. The van der Waals surface area contributed by atoms with E-state index in [1.165, 1.54) is 17.8 Å². The van der Waals surface area contributed by atoms with Gasteiger partial charge < -0.3 is 20.4 Å². The van der Waals surface area contributed by atoms with Crippen molar-refractivity contribution in [2.75, 3.05) is 10.6 Å². The van der Waals surface area contributed by atoms with Crippen LogP contribution in [0.2, 0.25) is 5.02 Å². The largest absolute Gasteiger partial charge is 0.436 e. The van der Waals surface area contributed by atoms with Crippen molar-refractivity contribution in [3.63, 3.8) is 0 Å². The molecule has 0 bridgehead atoms. The molecule has 0 spiro atoms. The van der Waals surface area contributed by atoms with Crippen molar-refractivity contribution in [1.29, 1.82) is 0 Å². The minimum absolute atomic E-state index is 0.00803. The summed E-state index contributed by atoms with van der Waals surface area (Å²) in [6.45, 7) is 0. The number of halogens is 1. The van der Waals surface area contributed by atoms with Crippen LogP contribution in [0, 0.1) is 0 Å². The summed E-state index contributed by atoms with van der Waals surface area (Å²) in [6.07, 6.45) is 1.53. The lowest BCUT2D eigenvalue weighted by atomic mass is 10.1. The zero-order valence-electron chi connectivity index (χ0n) is 28.0. The average molecular weight is 735 g/mol. The van der Waals surface area contributed by atoms with E-state index in [2.05, 4.69) is 20.9 Å². The Kier molecular flexibility index (Phi) is 10.8. The molecule has 0 radical (unpaired) electrons. The summed E-state index contributed by atoms with van der Waals surface area (Å²) >= 11 is 7.74. The number of nitrogens with one attached hydrogen (secondary N) is 3. The van der Waals surface area contributed by atoms with E-state index in [1.807, 2.05) is 84.9 Å². The molecule has 8 nitrogen and oxygen atoms in total. The highest BCUT2D eigenvalue weighted by Crippen LogP contribution is 2.37. The van der Waals surface area contributed by atoms with Crippen LogP contribution in [0.25, 0.3) is 28.6 Å². The lowest BCUT2D eigenvalue weighted by molar-refractivity contribution is -0.116. The van der Waals surface area contributed by atoms with Gasteiger partial charge in [-0.2, -0.15) is 0 Å². The van der Waals surface area contributed by atoms with Gasteiger partial charge in [0.2, 0.25) is 11.8 Å². The van der Waals surface area contributed by atoms with E-state index < -0.39 is 17.1 Å². The number of fused-ring (bicyclic) bond motifs is 1. The zero-order chi connectivity index (χ0) is 36.6. The van der Waals surface area contributed by atoms with Crippen molar-refractivity contribution < 1.29 is 18.8 Å². The molecule has 1 aromatic heterocycles. The third-order valence-corrected chi connectivity index (χ3v) is 9.71. The predicted octanol–water partition coefficient (Wildman–Crippen LogP) is 10.0. The van der Waals surface area contributed by atoms with Gasteiger partial charge in [0.1, 0.15) is 16.5 Å². The second-order valence-electron chi connectivity index (χ2n) is 11.8. The maximum absolute atomic E-state index is 13.9. The molecule has 0 aliphatic rings. The minimum atomic E-state index is -0.625. The van der Waals surface area contributed by atoms with E-state index in [0.717, 1.165) is 21.5 Å². The van der Waals surface area contributed by atoms with Crippen molar-refractivity contribution in [2.24, 2.45) is 0 Å². The van der Waals surface area contributed by atoms with E-state index >= 15 is 0 Å². The number of hydrogen-bond donors (Lipinski definition) is 3. The Morgan fingerprint density at radius 2 is 1.40 bits per heavy atom. The molecule has 0 saturated heterocycles. The van der Waals surface area contributed by atoms with Crippen LogP contribution in [0.4, 0.5) is 11.4 Å². The Morgan fingerprint density at radius 1 is 0.698 bits per heavy atom. The minimum Gasteiger partial charge on any atom is -0.436 e. The zero-order valence-corrected chi connectivity index (χ0v) is 29.6. The fourth-order valence-electron chi connectivity index (χ4n) is 5.47. The lowest BCUT2D eigenvalue weighted by Crippen LogP contribution is -2.30. The van der Waals surface area contributed by atoms with Gasteiger partial charge in [-0.15, -0.1) is 11.8 Å². The summed E-state index contributed by atoms with van der Waals surface area (Å²) in [5.74, 6) is -0.714. The number of oxazole rings is 1. The quantitative estimate of drug-likeness (QED) is 0.0901. The van der Waals surface area contributed by atoms with E-state index in [9.17, 15) is 14.4 Å². The Bertz CT molecular complexity index is 2400. The summed E-state index contributed by atoms with van der Waals surface area (Å²) in [5.41, 5.74) is 5.13. The molecular weight excluding hydrogens is 704 g/mol. The summed E-state index contributed by atoms with van der Waals surface area (Å²) in [5, 5.41) is 8.48. The second kappa shape index (κ2) is 16.3. The molecule has 7 rings (SSSR count). The topological polar surface area (TPSA) is 113 Å². The summed E-state index contributed by atoms with van der Waals surface area (Å²) in [6, 6.07) is 47.2. The van der Waals surface area contributed by atoms with Gasteiger partial charge in [-0.1, -0.05) is 96.5 Å². The molecule has 1 unspecified atom stereocenters. The molecule has 10 heteroatoms. The first kappa shape index (κ1) is 35.0. The number of hydrogen-bond acceptors (Lipinski definition) is 6. The predicted molar refractivity (Wildman–Crippen MR) is 212 cm³/mol. The van der Waals surface area contributed by atoms with Crippen LogP contribution in [0.5, 0.6) is 0 Å². The molecule has 260 valence electrons. The van der Waals surface area contributed by atoms with Crippen LogP contribution >= 0.6 is 23.4 Å². The fourth-order valence-corrected chi connectivity index (χ4v) is 6.75. The van der Waals surface area contributed by atoms with Crippen LogP contribution in [-0.2, 0) is 9.59 Å². The first-order chi connectivity index (χ1) is 25.9. The van der Waals surface area contributed by atoms with Gasteiger partial charge in [0.15, 0.2) is 5.58 Å². The summed E-state index contributed by atoms with van der Waals surface area (Å²) in [7, 11) is 0. The Labute approximate surface area is 314 Å². The molecule has 0 saturated carbocycles. The Hall–Kier alpha value is -6.42. The van der Waals surface area contributed by atoms with E-state index in [-0.39, 0.29) is 11.6 Å².